The zero-order valence-corrected chi connectivity index (χ0v) is 17.2. The fraction of sp³-hybridized carbons (Fsp3) is 0.286. The Morgan fingerprint density at radius 3 is 2.37 bits per heavy atom. The van der Waals surface area contributed by atoms with Crippen LogP contribution >= 0.6 is 23.2 Å². The summed E-state index contributed by atoms with van der Waals surface area (Å²) in [5, 5.41) is 0.681. The van der Waals surface area contributed by atoms with Gasteiger partial charge in [0.25, 0.3) is 0 Å². The number of rotatable bonds is 7. The Bertz CT molecular complexity index is 821. The first-order valence-electron chi connectivity index (χ1n) is 8.55. The van der Waals surface area contributed by atoms with Crippen molar-refractivity contribution < 1.29 is 19.0 Å². The first-order chi connectivity index (χ1) is 12.8. The summed E-state index contributed by atoms with van der Waals surface area (Å²) in [6.07, 6.45) is 2.91. The van der Waals surface area contributed by atoms with E-state index in [1.165, 1.54) is 6.08 Å². The van der Waals surface area contributed by atoms with Gasteiger partial charge in [-0.2, -0.15) is 0 Å². The van der Waals surface area contributed by atoms with E-state index in [1.807, 2.05) is 12.1 Å². The van der Waals surface area contributed by atoms with Crippen molar-refractivity contribution in [1.82, 2.24) is 0 Å². The third kappa shape index (κ3) is 5.65. The van der Waals surface area contributed by atoms with Gasteiger partial charge in [0, 0.05) is 11.6 Å². The van der Waals surface area contributed by atoms with E-state index in [1.54, 1.807) is 38.3 Å². The molecule has 0 aromatic heterocycles. The van der Waals surface area contributed by atoms with Crippen LogP contribution in [-0.2, 0) is 9.53 Å². The summed E-state index contributed by atoms with van der Waals surface area (Å²) in [4.78, 5) is 11.4. The van der Waals surface area contributed by atoms with Gasteiger partial charge in [0.1, 0.15) is 11.5 Å². The minimum atomic E-state index is -0.426. The Balaban J connectivity index is 2.27. The third-order valence-corrected chi connectivity index (χ3v) is 4.32. The molecule has 144 valence electrons. The summed E-state index contributed by atoms with van der Waals surface area (Å²) in [5.41, 5.74) is 1.69. The lowest BCUT2D eigenvalue weighted by molar-refractivity contribution is -0.137. The SMILES string of the molecule is CCOC(=O)/C=C/c1cc(Cl)c(Oc2ccc(OC)c(C(C)C)c2)c(Cl)c1. The number of hydrogen-bond acceptors (Lipinski definition) is 4. The number of benzene rings is 2. The van der Waals surface area contributed by atoms with Crippen LogP contribution in [0.15, 0.2) is 36.4 Å². The molecule has 2 aromatic rings. The molecule has 2 rings (SSSR count). The van der Waals surface area contributed by atoms with Gasteiger partial charge < -0.3 is 14.2 Å². The molecule has 0 fully saturated rings. The average Bonchev–Trinajstić information content (AvgIpc) is 2.63. The summed E-state index contributed by atoms with van der Waals surface area (Å²) < 4.78 is 16.1. The second-order valence-electron chi connectivity index (χ2n) is 6.06. The summed E-state index contributed by atoms with van der Waals surface area (Å²) in [6.45, 7) is 6.21. The van der Waals surface area contributed by atoms with Gasteiger partial charge in [0.15, 0.2) is 5.75 Å². The van der Waals surface area contributed by atoms with Crippen LogP contribution in [0.2, 0.25) is 10.0 Å². The fourth-order valence-electron chi connectivity index (χ4n) is 2.47. The minimum absolute atomic E-state index is 0.268. The van der Waals surface area contributed by atoms with E-state index in [0.717, 1.165) is 11.3 Å². The highest BCUT2D eigenvalue weighted by atomic mass is 35.5. The van der Waals surface area contributed by atoms with E-state index >= 15 is 0 Å². The van der Waals surface area contributed by atoms with E-state index in [9.17, 15) is 4.79 Å². The molecule has 0 heterocycles. The van der Waals surface area contributed by atoms with Gasteiger partial charge in [-0.3, -0.25) is 0 Å². The third-order valence-electron chi connectivity index (χ3n) is 3.76. The molecule has 0 aliphatic carbocycles. The van der Waals surface area contributed by atoms with Crippen molar-refractivity contribution in [2.45, 2.75) is 26.7 Å². The highest BCUT2D eigenvalue weighted by Gasteiger charge is 2.13. The molecule has 0 aliphatic heterocycles. The van der Waals surface area contributed by atoms with E-state index in [-0.39, 0.29) is 5.92 Å². The summed E-state index contributed by atoms with van der Waals surface area (Å²) in [5.74, 6) is 1.60. The predicted octanol–water partition coefficient (Wildman–Crippen LogP) is 6.49. The van der Waals surface area contributed by atoms with Crippen molar-refractivity contribution in [3.05, 3.63) is 57.6 Å². The van der Waals surface area contributed by atoms with Crippen molar-refractivity contribution in [2.75, 3.05) is 13.7 Å². The van der Waals surface area contributed by atoms with Crippen molar-refractivity contribution in [2.24, 2.45) is 0 Å². The van der Waals surface area contributed by atoms with Gasteiger partial charge in [-0.25, -0.2) is 4.79 Å². The molecule has 0 radical (unpaired) electrons. The van der Waals surface area contributed by atoms with E-state index in [2.05, 4.69) is 13.8 Å². The lowest BCUT2D eigenvalue weighted by Gasteiger charge is -2.15. The van der Waals surface area contributed by atoms with E-state index in [0.29, 0.717) is 33.7 Å². The second-order valence-corrected chi connectivity index (χ2v) is 6.87. The Morgan fingerprint density at radius 2 is 1.81 bits per heavy atom. The number of carbonyl (C=O) groups excluding carboxylic acids is 1. The van der Waals surface area contributed by atoms with Crippen LogP contribution in [-0.4, -0.2) is 19.7 Å². The van der Waals surface area contributed by atoms with Crippen molar-refractivity contribution >= 4 is 35.2 Å². The topological polar surface area (TPSA) is 44.8 Å². The van der Waals surface area contributed by atoms with Crippen LogP contribution < -0.4 is 9.47 Å². The molecule has 0 amide bonds. The van der Waals surface area contributed by atoms with Crippen molar-refractivity contribution in [3.63, 3.8) is 0 Å². The molecule has 0 saturated carbocycles. The maximum atomic E-state index is 11.4. The predicted molar refractivity (Wildman–Crippen MR) is 109 cm³/mol. The van der Waals surface area contributed by atoms with Crippen molar-refractivity contribution in [1.29, 1.82) is 0 Å². The molecule has 0 spiro atoms. The quantitative estimate of drug-likeness (QED) is 0.387. The molecule has 0 aliphatic rings. The van der Waals surface area contributed by atoms with Crippen molar-refractivity contribution in [3.8, 4) is 17.2 Å². The lowest BCUT2D eigenvalue weighted by atomic mass is 10.0. The van der Waals surface area contributed by atoms with Crippen LogP contribution in [0.1, 0.15) is 37.8 Å². The van der Waals surface area contributed by atoms with Gasteiger partial charge >= 0.3 is 5.97 Å². The Labute approximate surface area is 169 Å². The number of halogens is 2. The average molecular weight is 409 g/mol. The lowest BCUT2D eigenvalue weighted by Crippen LogP contribution is -1.98. The normalized spacial score (nSPS) is 11.1. The van der Waals surface area contributed by atoms with Gasteiger partial charge in [-0.15, -0.1) is 0 Å². The molecule has 0 N–H and O–H groups in total. The fourth-order valence-corrected chi connectivity index (χ4v) is 3.05. The second kappa shape index (κ2) is 9.67. The molecule has 4 nitrogen and oxygen atoms in total. The zero-order chi connectivity index (χ0) is 20.0. The van der Waals surface area contributed by atoms with Crippen LogP contribution in [0.3, 0.4) is 0 Å². The number of carbonyl (C=O) groups is 1. The minimum Gasteiger partial charge on any atom is -0.496 e. The van der Waals surface area contributed by atoms with Gasteiger partial charge in [0.2, 0.25) is 0 Å². The highest BCUT2D eigenvalue weighted by Crippen LogP contribution is 2.39. The number of hydrogen-bond donors (Lipinski definition) is 0. The standard InChI is InChI=1S/C21H22Cl2O4/c1-5-26-20(24)9-6-14-10-17(22)21(18(23)11-14)27-15-7-8-19(25-4)16(12-15)13(2)3/h6-13H,5H2,1-4H3/b9-6+. The Kier molecular flexibility index (Phi) is 7.57. The molecule has 27 heavy (non-hydrogen) atoms. The van der Waals surface area contributed by atoms with Gasteiger partial charge in [-0.05, 0) is 54.8 Å². The number of ether oxygens (including phenoxy) is 3. The smallest absolute Gasteiger partial charge is 0.330 e. The van der Waals surface area contributed by atoms with Crippen LogP contribution in [0.4, 0.5) is 0 Å². The monoisotopic (exact) mass is 408 g/mol. The largest absolute Gasteiger partial charge is 0.496 e. The Hall–Kier alpha value is -2.17. The zero-order valence-electron chi connectivity index (χ0n) is 15.7. The van der Waals surface area contributed by atoms with Gasteiger partial charge in [-0.1, -0.05) is 37.0 Å². The summed E-state index contributed by atoms with van der Waals surface area (Å²) in [7, 11) is 1.64. The molecule has 0 atom stereocenters. The first kappa shape index (κ1) is 21.1. The highest BCUT2D eigenvalue weighted by molar-refractivity contribution is 6.37. The van der Waals surface area contributed by atoms with Crippen LogP contribution in [0, 0.1) is 0 Å². The van der Waals surface area contributed by atoms with Crippen LogP contribution in [0.5, 0.6) is 17.2 Å². The molecular weight excluding hydrogens is 387 g/mol. The maximum absolute atomic E-state index is 11.4. The number of esters is 1. The van der Waals surface area contributed by atoms with Gasteiger partial charge in [0.05, 0.1) is 23.8 Å². The molecule has 2 aromatic carbocycles. The summed E-state index contributed by atoms with van der Waals surface area (Å²) >= 11 is 12.7. The molecule has 0 unspecified atom stereocenters. The number of methoxy groups -OCH3 is 1. The molecule has 0 saturated heterocycles. The molecular formula is C21H22Cl2O4. The van der Waals surface area contributed by atoms with Crippen LogP contribution in [0.25, 0.3) is 6.08 Å². The Morgan fingerprint density at radius 1 is 1.15 bits per heavy atom. The summed E-state index contributed by atoms with van der Waals surface area (Å²) in [6, 6.07) is 8.90. The first-order valence-corrected chi connectivity index (χ1v) is 9.31. The molecule has 0 bridgehead atoms. The van der Waals surface area contributed by atoms with E-state index in [4.69, 9.17) is 37.4 Å². The molecule has 6 heteroatoms. The van der Waals surface area contributed by atoms with E-state index < -0.39 is 5.97 Å². The maximum Gasteiger partial charge on any atom is 0.330 e.